The third kappa shape index (κ3) is 2.96. The zero-order valence-corrected chi connectivity index (χ0v) is 10.1. The Balaban J connectivity index is 2.63. The van der Waals surface area contributed by atoms with Crippen molar-refractivity contribution in [2.24, 2.45) is 11.8 Å². The van der Waals surface area contributed by atoms with Gasteiger partial charge < -0.3 is 10.1 Å². The maximum atomic E-state index is 5.99. The van der Waals surface area contributed by atoms with Gasteiger partial charge in [-0.15, -0.1) is 0 Å². The Morgan fingerprint density at radius 1 is 1.29 bits per heavy atom. The molecule has 0 aromatic carbocycles. The first-order chi connectivity index (χ1) is 6.62. The standard InChI is InChI=1S/C12H25NO/c1-5-14-12(9-13-4)7-10(2)6-11(3)8-12/h10-11,13H,5-9H2,1-4H3. The van der Waals surface area contributed by atoms with Crippen LogP contribution >= 0.6 is 0 Å². The fraction of sp³-hybridized carbons (Fsp3) is 1.00. The van der Waals surface area contributed by atoms with E-state index in [1.54, 1.807) is 0 Å². The summed E-state index contributed by atoms with van der Waals surface area (Å²) in [6.07, 6.45) is 3.79. The van der Waals surface area contributed by atoms with Gasteiger partial charge >= 0.3 is 0 Å². The summed E-state index contributed by atoms with van der Waals surface area (Å²) in [4.78, 5) is 0. The van der Waals surface area contributed by atoms with Crippen LogP contribution in [0.3, 0.4) is 0 Å². The minimum Gasteiger partial charge on any atom is -0.374 e. The third-order valence-electron chi connectivity index (χ3n) is 3.20. The lowest BCUT2D eigenvalue weighted by atomic mass is 9.73. The van der Waals surface area contributed by atoms with Crippen molar-refractivity contribution >= 4 is 0 Å². The first-order valence-corrected chi connectivity index (χ1v) is 5.90. The third-order valence-corrected chi connectivity index (χ3v) is 3.20. The summed E-state index contributed by atoms with van der Waals surface area (Å²) >= 11 is 0. The average molecular weight is 199 g/mol. The molecule has 1 rings (SSSR count). The van der Waals surface area contributed by atoms with E-state index in [1.807, 2.05) is 7.05 Å². The minimum absolute atomic E-state index is 0.112. The zero-order valence-electron chi connectivity index (χ0n) is 10.1. The van der Waals surface area contributed by atoms with Crippen molar-refractivity contribution in [3.63, 3.8) is 0 Å². The van der Waals surface area contributed by atoms with Gasteiger partial charge in [0.15, 0.2) is 0 Å². The van der Waals surface area contributed by atoms with Gasteiger partial charge in [-0.1, -0.05) is 13.8 Å². The summed E-state index contributed by atoms with van der Waals surface area (Å²) < 4.78 is 5.99. The quantitative estimate of drug-likeness (QED) is 0.751. The van der Waals surface area contributed by atoms with Crippen LogP contribution in [0.4, 0.5) is 0 Å². The van der Waals surface area contributed by atoms with Crippen molar-refractivity contribution in [1.29, 1.82) is 0 Å². The topological polar surface area (TPSA) is 21.3 Å². The van der Waals surface area contributed by atoms with E-state index in [0.717, 1.165) is 25.0 Å². The Labute approximate surface area is 88.4 Å². The van der Waals surface area contributed by atoms with Crippen LogP contribution in [-0.2, 0) is 4.74 Å². The van der Waals surface area contributed by atoms with Gasteiger partial charge in [-0.25, -0.2) is 0 Å². The highest BCUT2D eigenvalue weighted by Crippen LogP contribution is 2.38. The largest absolute Gasteiger partial charge is 0.374 e. The molecule has 0 saturated heterocycles. The van der Waals surface area contributed by atoms with Gasteiger partial charge in [-0.2, -0.15) is 0 Å². The second-order valence-corrected chi connectivity index (χ2v) is 5.00. The molecule has 14 heavy (non-hydrogen) atoms. The Hall–Kier alpha value is -0.0800. The van der Waals surface area contributed by atoms with Gasteiger partial charge in [0.1, 0.15) is 0 Å². The zero-order chi connectivity index (χ0) is 10.6. The van der Waals surface area contributed by atoms with Crippen LogP contribution in [0.2, 0.25) is 0 Å². The van der Waals surface area contributed by atoms with Crippen LogP contribution < -0.4 is 5.32 Å². The summed E-state index contributed by atoms with van der Waals surface area (Å²) in [5.74, 6) is 1.61. The monoisotopic (exact) mass is 199 g/mol. The molecule has 2 nitrogen and oxygen atoms in total. The van der Waals surface area contributed by atoms with Crippen LogP contribution in [0, 0.1) is 11.8 Å². The van der Waals surface area contributed by atoms with E-state index in [4.69, 9.17) is 4.74 Å². The summed E-state index contributed by atoms with van der Waals surface area (Å²) in [6, 6.07) is 0. The summed E-state index contributed by atoms with van der Waals surface area (Å²) in [5.41, 5.74) is 0.112. The van der Waals surface area contributed by atoms with Crippen LogP contribution in [0.25, 0.3) is 0 Å². The molecule has 0 radical (unpaired) electrons. The lowest BCUT2D eigenvalue weighted by molar-refractivity contribution is -0.0855. The summed E-state index contributed by atoms with van der Waals surface area (Å²) in [5, 5.41) is 3.28. The molecule has 1 N–H and O–H groups in total. The van der Waals surface area contributed by atoms with E-state index < -0.39 is 0 Å². The fourth-order valence-electron chi connectivity index (χ4n) is 3.15. The van der Waals surface area contributed by atoms with Gasteiger partial charge in [-0.3, -0.25) is 0 Å². The van der Waals surface area contributed by atoms with Gasteiger partial charge in [0.05, 0.1) is 5.60 Å². The van der Waals surface area contributed by atoms with Crippen molar-refractivity contribution in [3.05, 3.63) is 0 Å². The van der Waals surface area contributed by atoms with Crippen molar-refractivity contribution in [1.82, 2.24) is 5.32 Å². The normalized spacial score (nSPS) is 38.6. The van der Waals surface area contributed by atoms with E-state index in [1.165, 1.54) is 19.3 Å². The first kappa shape index (κ1) is 12.0. The van der Waals surface area contributed by atoms with Crippen LogP contribution in [0.15, 0.2) is 0 Å². The van der Waals surface area contributed by atoms with Gasteiger partial charge in [0.2, 0.25) is 0 Å². The molecule has 1 aliphatic carbocycles. The number of rotatable bonds is 4. The molecule has 0 aliphatic heterocycles. The molecule has 1 saturated carbocycles. The molecule has 2 unspecified atom stereocenters. The van der Waals surface area contributed by atoms with Gasteiger partial charge in [-0.05, 0) is 45.1 Å². The number of ether oxygens (including phenoxy) is 1. The Kier molecular flexibility index (Phi) is 4.39. The van der Waals surface area contributed by atoms with Crippen molar-refractivity contribution in [2.45, 2.75) is 45.6 Å². The SMILES string of the molecule is CCOC1(CNC)CC(C)CC(C)C1. The number of hydrogen-bond donors (Lipinski definition) is 1. The summed E-state index contributed by atoms with van der Waals surface area (Å²) in [6.45, 7) is 8.62. The lowest BCUT2D eigenvalue weighted by Crippen LogP contribution is -2.47. The number of nitrogens with one attached hydrogen (secondary N) is 1. The maximum absolute atomic E-state index is 5.99. The van der Waals surface area contributed by atoms with Crippen LogP contribution in [0.1, 0.15) is 40.0 Å². The van der Waals surface area contributed by atoms with E-state index in [0.29, 0.717) is 0 Å². The molecule has 1 aliphatic rings. The number of likely N-dealkylation sites (N-methyl/N-ethyl adjacent to an activating group) is 1. The van der Waals surface area contributed by atoms with E-state index in [9.17, 15) is 0 Å². The van der Waals surface area contributed by atoms with Gasteiger partial charge in [0.25, 0.3) is 0 Å². The second kappa shape index (κ2) is 5.13. The second-order valence-electron chi connectivity index (χ2n) is 5.00. The van der Waals surface area contributed by atoms with E-state index >= 15 is 0 Å². The molecule has 2 heteroatoms. The molecule has 2 atom stereocenters. The first-order valence-electron chi connectivity index (χ1n) is 5.90. The smallest absolute Gasteiger partial charge is 0.0811 e. The molecule has 84 valence electrons. The molecule has 0 bridgehead atoms. The minimum atomic E-state index is 0.112. The summed E-state index contributed by atoms with van der Waals surface area (Å²) in [7, 11) is 2.02. The highest BCUT2D eigenvalue weighted by Gasteiger charge is 2.37. The average Bonchev–Trinajstić information content (AvgIpc) is 2.02. The fourth-order valence-corrected chi connectivity index (χ4v) is 3.15. The Morgan fingerprint density at radius 2 is 1.86 bits per heavy atom. The molecular formula is C12H25NO. The lowest BCUT2D eigenvalue weighted by Gasteiger charge is -2.42. The molecule has 0 amide bonds. The van der Waals surface area contributed by atoms with Crippen molar-refractivity contribution < 1.29 is 4.74 Å². The van der Waals surface area contributed by atoms with Crippen molar-refractivity contribution in [2.75, 3.05) is 20.2 Å². The molecule has 0 spiro atoms. The Morgan fingerprint density at radius 3 is 2.29 bits per heavy atom. The molecule has 0 aromatic rings. The maximum Gasteiger partial charge on any atom is 0.0811 e. The Bertz CT molecular complexity index is 152. The van der Waals surface area contributed by atoms with Crippen LogP contribution in [-0.4, -0.2) is 25.8 Å². The number of hydrogen-bond acceptors (Lipinski definition) is 2. The highest BCUT2D eigenvalue weighted by atomic mass is 16.5. The van der Waals surface area contributed by atoms with E-state index in [-0.39, 0.29) is 5.60 Å². The molecule has 0 aromatic heterocycles. The van der Waals surface area contributed by atoms with Crippen LogP contribution in [0.5, 0.6) is 0 Å². The predicted molar refractivity (Wildman–Crippen MR) is 60.5 cm³/mol. The van der Waals surface area contributed by atoms with E-state index in [2.05, 4.69) is 26.1 Å². The molecule has 1 fully saturated rings. The van der Waals surface area contributed by atoms with Crippen molar-refractivity contribution in [3.8, 4) is 0 Å². The highest BCUT2D eigenvalue weighted by molar-refractivity contribution is 4.91. The van der Waals surface area contributed by atoms with Gasteiger partial charge in [0, 0.05) is 13.2 Å². The molecular weight excluding hydrogens is 174 g/mol. The molecule has 0 heterocycles. The predicted octanol–water partition coefficient (Wildman–Crippen LogP) is 2.44.